The number of hydrogen-bond acceptors (Lipinski definition) is 3. The van der Waals surface area contributed by atoms with Gasteiger partial charge in [-0.3, -0.25) is 9.69 Å². The highest BCUT2D eigenvalue weighted by atomic mass is 16.2. The van der Waals surface area contributed by atoms with E-state index in [1.807, 2.05) is 17.0 Å². The van der Waals surface area contributed by atoms with Gasteiger partial charge in [0.1, 0.15) is 6.04 Å². The van der Waals surface area contributed by atoms with Crippen LogP contribution in [0.25, 0.3) is 10.9 Å². The van der Waals surface area contributed by atoms with E-state index < -0.39 is 0 Å². The molecular formula is C23H32N4O2. The Balaban J connectivity index is 1.72. The van der Waals surface area contributed by atoms with Crippen molar-refractivity contribution in [1.29, 1.82) is 0 Å². The number of nitrogens with one attached hydrogen (secondary N) is 1. The molecule has 0 bridgehead atoms. The van der Waals surface area contributed by atoms with Crippen LogP contribution in [-0.2, 0) is 11.2 Å². The summed E-state index contributed by atoms with van der Waals surface area (Å²) in [6.07, 6.45) is 5.22. The third-order valence-electron chi connectivity index (χ3n) is 6.76. The van der Waals surface area contributed by atoms with Crippen molar-refractivity contribution in [1.82, 2.24) is 14.8 Å². The van der Waals surface area contributed by atoms with Gasteiger partial charge in [0.05, 0.1) is 6.04 Å². The largest absolute Gasteiger partial charge is 0.356 e. The van der Waals surface area contributed by atoms with Gasteiger partial charge in [-0.15, -0.1) is 0 Å². The van der Waals surface area contributed by atoms with Crippen LogP contribution in [0.1, 0.15) is 63.3 Å². The maximum Gasteiger partial charge on any atom is 0.328 e. The Morgan fingerprint density at radius 2 is 1.90 bits per heavy atom. The van der Waals surface area contributed by atoms with Crippen molar-refractivity contribution >= 4 is 22.8 Å². The molecule has 1 aromatic carbocycles. The summed E-state index contributed by atoms with van der Waals surface area (Å²) in [6.45, 7) is 5.49. The number of nitrogens with two attached hydrogens (primary N) is 1. The van der Waals surface area contributed by atoms with E-state index in [4.69, 9.17) is 5.73 Å². The number of aromatic amines is 1. The number of carbonyl (C=O) groups is 2. The van der Waals surface area contributed by atoms with Gasteiger partial charge in [0, 0.05) is 29.6 Å². The summed E-state index contributed by atoms with van der Waals surface area (Å²) in [5.74, 6) is 0.285. The van der Waals surface area contributed by atoms with E-state index in [0.717, 1.165) is 43.3 Å². The zero-order chi connectivity index (χ0) is 20.5. The zero-order valence-electron chi connectivity index (χ0n) is 17.5. The van der Waals surface area contributed by atoms with Crippen LogP contribution < -0.4 is 5.73 Å². The topological polar surface area (TPSA) is 82.4 Å². The fraction of sp³-hybridized carbons (Fsp3) is 0.565. The molecule has 1 fully saturated rings. The third kappa shape index (κ3) is 3.23. The molecule has 0 aliphatic carbocycles. The molecule has 2 atom stereocenters. The lowest BCUT2D eigenvalue weighted by atomic mass is 9.83. The van der Waals surface area contributed by atoms with Crippen molar-refractivity contribution < 1.29 is 9.59 Å². The predicted molar refractivity (Wildman–Crippen MR) is 114 cm³/mol. The van der Waals surface area contributed by atoms with Crippen LogP contribution >= 0.6 is 0 Å². The van der Waals surface area contributed by atoms with Crippen LogP contribution in [0.4, 0.5) is 4.79 Å². The van der Waals surface area contributed by atoms with Gasteiger partial charge in [-0.05, 0) is 36.9 Å². The fourth-order valence-electron chi connectivity index (χ4n) is 5.18. The normalized spacial score (nSPS) is 21.4. The molecule has 0 unspecified atom stereocenters. The van der Waals surface area contributed by atoms with Gasteiger partial charge >= 0.3 is 6.03 Å². The molecule has 2 aliphatic heterocycles. The molecule has 29 heavy (non-hydrogen) atoms. The maximum absolute atomic E-state index is 13.4. The highest BCUT2D eigenvalue weighted by Gasteiger charge is 2.53. The number of aromatic nitrogens is 1. The summed E-state index contributed by atoms with van der Waals surface area (Å²) < 4.78 is 0. The first-order valence-corrected chi connectivity index (χ1v) is 11.1. The minimum absolute atomic E-state index is 0.0327. The average Bonchev–Trinajstić information content (AvgIpc) is 3.22. The standard InChI is InChI=1S/C23H32N4O2/c1-3-15(4-2)21-20-17(16-10-6-7-11-18(16)25-20)14-19-22(28)26(23(29)27(19)21)13-9-5-8-12-24/h6-7,10-11,15,19,21,25H,3-5,8-9,12-14,24H2,1-2H3/t19-,21+/m0/s1. The zero-order valence-corrected chi connectivity index (χ0v) is 17.5. The van der Waals surface area contributed by atoms with Crippen molar-refractivity contribution in [3.8, 4) is 0 Å². The van der Waals surface area contributed by atoms with Crippen molar-refractivity contribution in [3.63, 3.8) is 0 Å². The molecule has 0 saturated carbocycles. The van der Waals surface area contributed by atoms with E-state index in [0.29, 0.717) is 25.4 Å². The van der Waals surface area contributed by atoms with Gasteiger partial charge < -0.3 is 15.6 Å². The summed E-state index contributed by atoms with van der Waals surface area (Å²) >= 11 is 0. The van der Waals surface area contributed by atoms with E-state index in [-0.39, 0.29) is 24.0 Å². The van der Waals surface area contributed by atoms with Crippen molar-refractivity contribution in [3.05, 3.63) is 35.5 Å². The maximum atomic E-state index is 13.4. The van der Waals surface area contributed by atoms with Crippen LogP contribution in [0.5, 0.6) is 0 Å². The Kier molecular flexibility index (Phi) is 5.63. The Morgan fingerprint density at radius 3 is 2.62 bits per heavy atom. The minimum atomic E-state index is -0.380. The van der Waals surface area contributed by atoms with E-state index in [9.17, 15) is 9.59 Å². The second-order valence-corrected chi connectivity index (χ2v) is 8.33. The number of para-hydroxylation sites is 1. The lowest BCUT2D eigenvalue weighted by Gasteiger charge is -2.39. The monoisotopic (exact) mass is 396 g/mol. The first kappa shape index (κ1) is 20.0. The van der Waals surface area contributed by atoms with Crippen molar-refractivity contribution in [2.45, 2.75) is 64.5 Å². The summed E-state index contributed by atoms with van der Waals surface area (Å²) in [5, 5.41) is 1.18. The van der Waals surface area contributed by atoms with Crippen LogP contribution in [0.3, 0.4) is 0 Å². The van der Waals surface area contributed by atoms with Crippen LogP contribution in [-0.4, -0.2) is 45.9 Å². The first-order chi connectivity index (χ1) is 14.1. The molecule has 2 aromatic rings. The van der Waals surface area contributed by atoms with E-state index in [2.05, 4.69) is 31.0 Å². The van der Waals surface area contributed by atoms with E-state index in [1.54, 1.807) is 0 Å². The second kappa shape index (κ2) is 8.19. The number of hydrogen-bond donors (Lipinski definition) is 2. The Morgan fingerprint density at radius 1 is 1.14 bits per heavy atom. The summed E-state index contributed by atoms with van der Waals surface area (Å²) in [7, 11) is 0. The summed E-state index contributed by atoms with van der Waals surface area (Å²) in [6, 6.07) is 7.70. The molecule has 4 rings (SSSR count). The highest BCUT2D eigenvalue weighted by Crippen LogP contribution is 2.45. The molecular weight excluding hydrogens is 364 g/mol. The lowest BCUT2D eigenvalue weighted by molar-refractivity contribution is -0.128. The Bertz CT molecular complexity index is 901. The third-order valence-corrected chi connectivity index (χ3v) is 6.76. The van der Waals surface area contributed by atoms with Gasteiger partial charge in [0.25, 0.3) is 5.91 Å². The van der Waals surface area contributed by atoms with Gasteiger partial charge in [-0.1, -0.05) is 51.3 Å². The number of H-pyrrole nitrogens is 1. The molecule has 156 valence electrons. The molecule has 3 N–H and O–H groups in total. The van der Waals surface area contributed by atoms with Crippen molar-refractivity contribution in [2.24, 2.45) is 11.7 Å². The second-order valence-electron chi connectivity index (χ2n) is 8.33. The predicted octanol–water partition coefficient (Wildman–Crippen LogP) is 3.96. The molecule has 0 spiro atoms. The molecule has 2 aliphatic rings. The summed E-state index contributed by atoms with van der Waals surface area (Å²) in [5.41, 5.74) is 9.01. The SMILES string of the molecule is CCC(CC)[C@@H]1c2[nH]c3ccccc3c2C[C@H]2C(=O)N(CCCCCN)C(=O)N21. The number of fused-ring (bicyclic) bond motifs is 4. The molecule has 6 nitrogen and oxygen atoms in total. The van der Waals surface area contributed by atoms with Gasteiger partial charge in [0.15, 0.2) is 0 Å². The van der Waals surface area contributed by atoms with Gasteiger partial charge in [0.2, 0.25) is 0 Å². The van der Waals surface area contributed by atoms with E-state index in [1.165, 1.54) is 15.8 Å². The number of nitrogens with zero attached hydrogens (tertiary/aromatic N) is 2. The summed E-state index contributed by atoms with van der Waals surface area (Å²) in [4.78, 5) is 33.6. The number of unbranched alkanes of at least 4 members (excludes halogenated alkanes) is 2. The molecule has 1 aromatic heterocycles. The smallest absolute Gasteiger partial charge is 0.328 e. The molecule has 1 saturated heterocycles. The Labute approximate surface area is 172 Å². The van der Waals surface area contributed by atoms with Crippen molar-refractivity contribution in [2.75, 3.05) is 13.1 Å². The number of benzene rings is 1. The number of urea groups is 1. The number of amides is 3. The quantitative estimate of drug-likeness (QED) is 0.523. The number of carbonyl (C=O) groups excluding carboxylic acids is 2. The van der Waals surface area contributed by atoms with Crippen LogP contribution in [0, 0.1) is 5.92 Å². The number of rotatable bonds is 8. The highest BCUT2D eigenvalue weighted by molar-refractivity contribution is 6.05. The van der Waals surface area contributed by atoms with Crippen LogP contribution in [0.2, 0.25) is 0 Å². The van der Waals surface area contributed by atoms with Crippen LogP contribution in [0.15, 0.2) is 24.3 Å². The molecule has 0 radical (unpaired) electrons. The fourth-order valence-corrected chi connectivity index (χ4v) is 5.18. The molecule has 3 amide bonds. The molecule has 6 heteroatoms. The number of imide groups is 1. The average molecular weight is 397 g/mol. The lowest BCUT2D eigenvalue weighted by Crippen LogP contribution is -2.46. The van der Waals surface area contributed by atoms with Gasteiger partial charge in [-0.2, -0.15) is 0 Å². The first-order valence-electron chi connectivity index (χ1n) is 11.1. The minimum Gasteiger partial charge on any atom is -0.356 e. The molecule has 3 heterocycles. The van der Waals surface area contributed by atoms with Gasteiger partial charge in [-0.25, -0.2) is 4.79 Å². The van der Waals surface area contributed by atoms with E-state index >= 15 is 0 Å². The Hall–Kier alpha value is -2.34.